The first-order valence-electron chi connectivity index (χ1n) is 10.5. The Morgan fingerprint density at radius 3 is 2.47 bits per heavy atom. The van der Waals surface area contributed by atoms with Gasteiger partial charge in [0.2, 0.25) is 0 Å². The van der Waals surface area contributed by atoms with Gasteiger partial charge < -0.3 is 20.1 Å². The number of ether oxygens (including phenoxy) is 2. The molecule has 2 N–H and O–H groups in total. The van der Waals surface area contributed by atoms with E-state index in [4.69, 9.17) is 14.5 Å². The number of aliphatic imine (C=N–C) groups is 1. The van der Waals surface area contributed by atoms with Gasteiger partial charge in [0.05, 0.1) is 32.9 Å². The largest absolute Gasteiger partial charge is 0.497 e. The molecule has 1 aliphatic rings. The van der Waals surface area contributed by atoms with Crippen LogP contribution in [0.25, 0.3) is 0 Å². The van der Waals surface area contributed by atoms with Gasteiger partial charge >= 0.3 is 6.18 Å². The third kappa shape index (κ3) is 8.79. The first kappa shape index (κ1) is 24.3. The van der Waals surface area contributed by atoms with E-state index in [1.807, 2.05) is 31.2 Å². The molecule has 0 saturated carbocycles. The van der Waals surface area contributed by atoms with E-state index in [2.05, 4.69) is 15.5 Å². The van der Waals surface area contributed by atoms with Crippen LogP contribution in [0.15, 0.2) is 29.3 Å². The van der Waals surface area contributed by atoms with Crippen LogP contribution in [-0.4, -0.2) is 70.1 Å². The van der Waals surface area contributed by atoms with Crippen molar-refractivity contribution < 1.29 is 22.6 Å². The number of nitrogens with one attached hydrogen (secondary N) is 2. The van der Waals surface area contributed by atoms with Gasteiger partial charge in [-0.3, -0.25) is 9.89 Å². The first-order valence-corrected chi connectivity index (χ1v) is 10.5. The van der Waals surface area contributed by atoms with Crippen molar-refractivity contribution in [2.75, 3.05) is 53.0 Å². The van der Waals surface area contributed by atoms with Gasteiger partial charge in [0.1, 0.15) is 5.75 Å². The summed E-state index contributed by atoms with van der Waals surface area (Å²) in [7, 11) is 1.64. The van der Waals surface area contributed by atoms with Crippen LogP contribution in [0, 0.1) is 0 Å². The normalized spacial score (nSPS) is 16.9. The van der Waals surface area contributed by atoms with E-state index in [-0.39, 0.29) is 12.5 Å². The number of hydrogen-bond donors (Lipinski definition) is 2. The van der Waals surface area contributed by atoms with Crippen LogP contribution in [0.3, 0.4) is 0 Å². The number of rotatable bonds is 10. The monoisotopic (exact) mass is 430 g/mol. The van der Waals surface area contributed by atoms with Gasteiger partial charge in [-0.05, 0) is 37.5 Å². The fourth-order valence-electron chi connectivity index (χ4n) is 3.32. The average Bonchev–Trinajstić information content (AvgIpc) is 2.74. The Kier molecular flexibility index (Phi) is 10.2. The van der Waals surface area contributed by atoms with Crippen LogP contribution < -0.4 is 15.4 Å². The third-order valence-electron chi connectivity index (χ3n) is 4.93. The molecule has 0 radical (unpaired) electrons. The van der Waals surface area contributed by atoms with Crippen LogP contribution >= 0.6 is 0 Å². The number of guanidine groups is 1. The zero-order valence-electron chi connectivity index (χ0n) is 17.8. The smallest absolute Gasteiger partial charge is 0.389 e. The summed E-state index contributed by atoms with van der Waals surface area (Å²) in [6.45, 7) is 6.66. The topological polar surface area (TPSA) is 58.1 Å². The Balaban J connectivity index is 2.00. The van der Waals surface area contributed by atoms with Crippen LogP contribution in [0.1, 0.15) is 37.8 Å². The lowest BCUT2D eigenvalue weighted by Gasteiger charge is -2.34. The molecule has 0 spiro atoms. The lowest BCUT2D eigenvalue weighted by atomic mass is 10.0. The number of benzene rings is 1. The molecule has 1 atom stereocenters. The second-order valence-electron chi connectivity index (χ2n) is 7.16. The molecule has 6 nitrogen and oxygen atoms in total. The van der Waals surface area contributed by atoms with E-state index in [0.29, 0.717) is 45.2 Å². The van der Waals surface area contributed by atoms with Gasteiger partial charge in [0, 0.05) is 32.6 Å². The van der Waals surface area contributed by atoms with E-state index in [1.165, 1.54) is 0 Å². The highest BCUT2D eigenvalue weighted by atomic mass is 19.4. The maximum absolute atomic E-state index is 12.3. The van der Waals surface area contributed by atoms with Crippen LogP contribution in [0.5, 0.6) is 5.75 Å². The van der Waals surface area contributed by atoms with Gasteiger partial charge in [-0.25, -0.2) is 0 Å². The van der Waals surface area contributed by atoms with Crippen molar-refractivity contribution in [1.82, 2.24) is 15.5 Å². The Morgan fingerprint density at radius 2 is 1.87 bits per heavy atom. The van der Waals surface area contributed by atoms with E-state index < -0.39 is 12.6 Å². The Hall–Kier alpha value is -2.00. The maximum atomic E-state index is 12.3. The van der Waals surface area contributed by atoms with Crippen molar-refractivity contribution in [2.45, 2.75) is 38.4 Å². The van der Waals surface area contributed by atoms with Gasteiger partial charge in [-0.2, -0.15) is 13.2 Å². The van der Waals surface area contributed by atoms with Crippen LogP contribution in [0.4, 0.5) is 13.2 Å². The molecule has 30 heavy (non-hydrogen) atoms. The molecule has 1 unspecified atom stereocenters. The number of hydrogen-bond acceptors (Lipinski definition) is 4. The number of unbranched alkanes of at least 4 members (excludes halogenated alkanes) is 1. The number of methoxy groups -OCH3 is 1. The van der Waals surface area contributed by atoms with E-state index >= 15 is 0 Å². The van der Waals surface area contributed by atoms with E-state index in [1.54, 1.807) is 7.11 Å². The number of alkyl halides is 3. The lowest BCUT2D eigenvalue weighted by Crippen LogP contribution is -2.42. The van der Waals surface area contributed by atoms with Crippen molar-refractivity contribution in [1.29, 1.82) is 0 Å². The first-order chi connectivity index (χ1) is 14.4. The summed E-state index contributed by atoms with van der Waals surface area (Å²) in [6, 6.07) is 8.06. The molecule has 1 aliphatic heterocycles. The molecule has 1 aromatic carbocycles. The van der Waals surface area contributed by atoms with Crippen molar-refractivity contribution in [3.8, 4) is 5.75 Å². The molecular formula is C21H33F3N4O2. The molecular weight excluding hydrogens is 397 g/mol. The molecule has 170 valence electrons. The molecule has 0 amide bonds. The second-order valence-corrected chi connectivity index (χ2v) is 7.16. The quantitative estimate of drug-likeness (QED) is 0.339. The molecule has 1 saturated heterocycles. The fraction of sp³-hybridized carbons (Fsp3) is 0.667. The predicted molar refractivity (Wildman–Crippen MR) is 112 cm³/mol. The fourth-order valence-corrected chi connectivity index (χ4v) is 3.32. The summed E-state index contributed by atoms with van der Waals surface area (Å²) in [6.07, 6.45) is -4.30. The molecule has 1 aromatic rings. The zero-order valence-corrected chi connectivity index (χ0v) is 17.8. The molecule has 0 aromatic heterocycles. The zero-order chi connectivity index (χ0) is 21.8. The minimum absolute atomic E-state index is 0.0838. The van der Waals surface area contributed by atoms with E-state index in [0.717, 1.165) is 24.4 Å². The number of morpholine rings is 1. The maximum Gasteiger partial charge on any atom is 0.389 e. The second kappa shape index (κ2) is 12.6. The van der Waals surface area contributed by atoms with Crippen LogP contribution in [-0.2, 0) is 4.74 Å². The van der Waals surface area contributed by atoms with Crippen molar-refractivity contribution in [2.24, 2.45) is 4.99 Å². The highest BCUT2D eigenvalue weighted by Crippen LogP contribution is 2.25. The highest BCUT2D eigenvalue weighted by molar-refractivity contribution is 5.79. The highest BCUT2D eigenvalue weighted by Gasteiger charge is 2.26. The summed E-state index contributed by atoms with van der Waals surface area (Å²) in [5, 5.41) is 6.31. The van der Waals surface area contributed by atoms with Crippen LogP contribution in [0.2, 0.25) is 0 Å². The number of nitrogens with zero attached hydrogens (tertiary/aromatic N) is 2. The molecule has 1 fully saturated rings. The van der Waals surface area contributed by atoms with Gasteiger partial charge in [0.15, 0.2) is 5.96 Å². The summed E-state index contributed by atoms with van der Waals surface area (Å²) in [5.41, 5.74) is 1.14. The molecule has 0 aliphatic carbocycles. The Bertz CT molecular complexity index is 632. The Labute approximate surface area is 176 Å². The minimum Gasteiger partial charge on any atom is -0.497 e. The van der Waals surface area contributed by atoms with Gasteiger partial charge in [-0.15, -0.1) is 0 Å². The van der Waals surface area contributed by atoms with Crippen molar-refractivity contribution >= 4 is 5.96 Å². The molecule has 9 heteroatoms. The van der Waals surface area contributed by atoms with Gasteiger partial charge in [-0.1, -0.05) is 12.1 Å². The van der Waals surface area contributed by atoms with Crippen molar-refractivity contribution in [3.63, 3.8) is 0 Å². The van der Waals surface area contributed by atoms with Gasteiger partial charge in [0.25, 0.3) is 0 Å². The summed E-state index contributed by atoms with van der Waals surface area (Å²) in [4.78, 5) is 7.06. The summed E-state index contributed by atoms with van der Waals surface area (Å²) >= 11 is 0. The summed E-state index contributed by atoms with van der Waals surface area (Å²) in [5.74, 6) is 1.42. The predicted octanol–water partition coefficient (Wildman–Crippen LogP) is 3.36. The summed E-state index contributed by atoms with van der Waals surface area (Å²) < 4.78 is 47.6. The number of halogens is 3. The Morgan fingerprint density at radius 1 is 1.17 bits per heavy atom. The average molecular weight is 431 g/mol. The molecule has 1 heterocycles. The molecule has 0 bridgehead atoms. The lowest BCUT2D eigenvalue weighted by molar-refractivity contribution is -0.135. The molecule has 2 rings (SSSR count). The SMILES string of the molecule is CCNC(=NCC(c1ccc(OC)cc1)N1CCOCC1)NCCCCC(F)(F)F. The van der Waals surface area contributed by atoms with Crippen molar-refractivity contribution in [3.05, 3.63) is 29.8 Å². The third-order valence-corrected chi connectivity index (χ3v) is 4.93. The van der Waals surface area contributed by atoms with E-state index in [9.17, 15) is 13.2 Å². The standard InChI is InChI=1S/C21H33F3N4O2/c1-3-25-20(26-11-5-4-10-21(22,23)24)27-16-19(28-12-14-30-15-13-28)17-6-8-18(29-2)9-7-17/h6-9,19H,3-5,10-16H2,1-2H3,(H2,25,26,27). The minimum atomic E-state index is -4.09.